The molecule has 0 radical (unpaired) electrons. The summed E-state index contributed by atoms with van der Waals surface area (Å²) < 4.78 is 104. The summed E-state index contributed by atoms with van der Waals surface area (Å²) in [5, 5.41) is 25.0. The summed E-state index contributed by atoms with van der Waals surface area (Å²) >= 11 is 0. The Morgan fingerprint density at radius 3 is 2.14 bits per heavy atom. The van der Waals surface area contributed by atoms with Crippen LogP contribution in [0, 0.1) is 11.6 Å². The highest BCUT2D eigenvalue weighted by Crippen LogP contribution is 2.34. The number of rotatable bonds is 5. The number of carbonyl (C=O) groups is 2. The molecule has 3 N–H and O–H groups in total. The molecule has 0 aliphatic heterocycles. The number of H-pyrrole nitrogens is 1. The van der Waals surface area contributed by atoms with Crippen LogP contribution in [0.5, 0.6) is 0 Å². The number of ether oxygens (including phenoxy) is 1. The molecule has 44 heavy (non-hydrogen) atoms. The van der Waals surface area contributed by atoms with Crippen molar-refractivity contribution in [2.75, 3.05) is 7.11 Å². The van der Waals surface area contributed by atoms with E-state index in [0.717, 1.165) is 0 Å². The van der Waals surface area contributed by atoms with Crippen LogP contribution >= 0.6 is 0 Å². The quantitative estimate of drug-likeness (QED) is 0.220. The lowest BCUT2D eigenvalue weighted by molar-refractivity contribution is -0.193. The number of fused-ring (bicyclic) bond motifs is 1. The number of imidazole rings is 1. The average molecular weight is 636 g/mol. The van der Waals surface area contributed by atoms with Crippen molar-refractivity contribution in [3.8, 4) is 33.9 Å². The Kier molecular flexibility index (Phi) is 9.99. The van der Waals surface area contributed by atoms with Gasteiger partial charge in [-0.25, -0.2) is 23.4 Å². The number of pyridine rings is 1. The minimum Gasteiger partial charge on any atom is -0.475 e. The predicted octanol–water partition coefficient (Wildman–Crippen LogP) is 5.13. The van der Waals surface area contributed by atoms with E-state index in [-0.39, 0.29) is 17.9 Å². The molecule has 0 unspecified atom stereocenters. The van der Waals surface area contributed by atoms with Crippen molar-refractivity contribution in [1.29, 1.82) is 0 Å². The first-order valence-corrected chi connectivity index (χ1v) is 11.4. The maximum Gasteiger partial charge on any atom is 0.490 e. The smallest absolute Gasteiger partial charge is 0.475 e. The maximum atomic E-state index is 14.3. The summed E-state index contributed by atoms with van der Waals surface area (Å²) in [4.78, 5) is 26.4. The molecule has 0 aliphatic rings. The van der Waals surface area contributed by atoms with Crippen LogP contribution in [0.4, 0.5) is 35.1 Å². The first-order chi connectivity index (χ1) is 20.5. The van der Waals surface area contributed by atoms with Crippen molar-refractivity contribution in [3.63, 3.8) is 0 Å². The van der Waals surface area contributed by atoms with Crippen molar-refractivity contribution < 1.29 is 64.2 Å². The summed E-state index contributed by atoms with van der Waals surface area (Å²) in [5.41, 5.74) is 2.44. The molecule has 0 amide bonds. The van der Waals surface area contributed by atoms with E-state index in [1.807, 2.05) is 0 Å². The van der Waals surface area contributed by atoms with Crippen LogP contribution in [0.2, 0.25) is 0 Å². The van der Waals surface area contributed by atoms with Crippen LogP contribution in [0.1, 0.15) is 5.89 Å². The Balaban J connectivity index is 0.000000317. The molecule has 4 aromatic heterocycles. The fourth-order valence-electron chi connectivity index (χ4n) is 3.27. The molecule has 5 aromatic rings. The fourth-order valence-corrected chi connectivity index (χ4v) is 3.27. The molecule has 1 aromatic carbocycles. The second kappa shape index (κ2) is 13.3. The van der Waals surface area contributed by atoms with Crippen molar-refractivity contribution in [2.24, 2.45) is 0 Å². The van der Waals surface area contributed by atoms with E-state index in [9.17, 15) is 35.1 Å². The zero-order chi connectivity index (χ0) is 32.8. The molecule has 5 rings (SSSR count). The SMILES string of the molecule is COCc1nc(-c2cnc3ccc(-c4c[nH]nc4-c4c(F)cccc4F)cn23)no1.O=C(O)C(F)(F)F.O=C(O)C(F)(F)F. The predicted molar refractivity (Wildman–Crippen MR) is 130 cm³/mol. The summed E-state index contributed by atoms with van der Waals surface area (Å²) in [6, 6.07) is 7.28. The van der Waals surface area contributed by atoms with Crippen molar-refractivity contribution in [3.05, 3.63) is 66.4 Å². The Morgan fingerprint density at radius 1 is 1.00 bits per heavy atom. The van der Waals surface area contributed by atoms with E-state index >= 15 is 0 Å². The number of nitrogens with one attached hydrogen (secondary N) is 1. The molecule has 4 heterocycles. The third-order valence-corrected chi connectivity index (χ3v) is 5.11. The van der Waals surface area contributed by atoms with Gasteiger partial charge in [-0.05, 0) is 24.3 Å². The lowest BCUT2D eigenvalue weighted by atomic mass is 10.0. The standard InChI is InChI=1S/C20H14F2N6O2.2C2HF3O2/c1-29-10-17-25-20(27-30-17)15-8-23-16-6-5-11(9-28(15)16)12-7-24-26-19(12)18-13(21)3-2-4-14(18)22;2*3-2(4,5)1(6)7/h2-9H,10H2,1H3,(H,24,26);2*(H,6,7). The molecule has 234 valence electrons. The highest BCUT2D eigenvalue weighted by atomic mass is 19.4. The number of hydrogen-bond acceptors (Lipinski definition) is 8. The number of aromatic nitrogens is 6. The highest BCUT2D eigenvalue weighted by molar-refractivity contribution is 5.81. The summed E-state index contributed by atoms with van der Waals surface area (Å²) in [5.74, 6) is -6.21. The van der Waals surface area contributed by atoms with Crippen molar-refractivity contribution >= 4 is 17.6 Å². The Morgan fingerprint density at radius 2 is 1.59 bits per heavy atom. The second-order valence-corrected chi connectivity index (χ2v) is 8.08. The second-order valence-electron chi connectivity index (χ2n) is 8.08. The average Bonchev–Trinajstić information content (AvgIpc) is 3.68. The summed E-state index contributed by atoms with van der Waals surface area (Å²) in [6.45, 7) is 0.196. The number of benzene rings is 1. The number of nitrogens with zero attached hydrogens (tertiary/aromatic N) is 5. The number of halogens is 8. The zero-order valence-corrected chi connectivity index (χ0v) is 21.6. The number of aliphatic carboxylic acids is 2. The number of hydrogen-bond donors (Lipinski definition) is 3. The fraction of sp³-hybridized carbons (Fsp3) is 0.167. The number of methoxy groups -OCH3 is 1. The zero-order valence-electron chi connectivity index (χ0n) is 21.6. The largest absolute Gasteiger partial charge is 0.490 e. The van der Waals surface area contributed by atoms with Gasteiger partial charge in [0.2, 0.25) is 5.82 Å². The van der Waals surface area contributed by atoms with Crippen LogP contribution in [-0.2, 0) is 20.9 Å². The summed E-state index contributed by atoms with van der Waals surface area (Å²) in [6.07, 6.45) is -5.19. The van der Waals surface area contributed by atoms with Gasteiger partial charge in [-0.1, -0.05) is 11.2 Å². The molecular formula is C24H16F8N6O6. The third-order valence-electron chi connectivity index (χ3n) is 5.11. The van der Waals surface area contributed by atoms with E-state index in [1.54, 1.807) is 35.1 Å². The third kappa shape index (κ3) is 7.91. The Bertz CT molecular complexity index is 1720. The van der Waals surface area contributed by atoms with Gasteiger partial charge in [0.15, 0.2) is 0 Å². The van der Waals surface area contributed by atoms with Gasteiger partial charge in [0.05, 0.1) is 11.8 Å². The van der Waals surface area contributed by atoms with Crippen LogP contribution < -0.4 is 0 Å². The molecule has 0 aliphatic carbocycles. The van der Waals surface area contributed by atoms with E-state index in [2.05, 4.69) is 25.3 Å². The Hall–Kier alpha value is -5.40. The molecule has 0 saturated carbocycles. The van der Waals surface area contributed by atoms with Crippen LogP contribution in [0.3, 0.4) is 0 Å². The number of carboxylic acids is 2. The van der Waals surface area contributed by atoms with Gasteiger partial charge in [-0.2, -0.15) is 36.4 Å². The van der Waals surface area contributed by atoms with Crippen LogP contribution in [0.25, 0.3) is 39.5 Å². The van der Waals surface area contributed by atoms with Gasteiger partial charge >= 0.3 is 24.3 Å². The number of aromatic amines is 1. The van der Waals surface area contributed by atoms with Gasteiger partial charge in [-0.15, -0.1) is 0 Å². The van der Waals surface area contributed by atoms with Gasteiger partial charge in [-0.3, -0.25) is 9.50 Å². The monoisotopic (exact) mass is 636 g/mol. The van der Waals surface area contributed by atoms with Crippen LogP contribution in [0.15, 0.2) is 53.4 Å². The topological polar surface area (TPSA) is 169 Å². The lowest BCUT2D eigenvalue weighted by Crippen LogP contribution is -2.21. The minimum absolute atomic E-state index is 0.175. The van der Waals surface area contributed by atoms with Crippen LogP contribution in [-0.4, -0.2) is 71.3 Å². The number of alkyl halides is 6. The first-order valence-electron chi connectivity index (χ1n) is 11.4. The molecule has 20 heteroatoms. The Labute approximate surface area is 238 Å². The van der Waals surface area contributed by atoms with E-state index in [1.165, 1.54) is 25.3 Å². The van der Waals surface area contributed by atoms with E-state index in [0.29, 0.717) is 34.2 Å². The molecule has 0 bridgehead atoms. The summed E-state index contributed by atoms with van der Waals surface area (Å²) in [7, 11) is 1.53. The molecule has 0 fully saturated rings. The van der Waals surface area contributed by atoms with Crippen molar-refractivity contribution in [2.45, 2.75) is 19.0 Å². The molecular weight excluding hydrogens is 620 g/mol. The number of carboxylic acid groups (broad SMARTS) is 2. The lowest BCUT2D eigenvalue weighted by Gasteiger charge is -2.07. The normalized spacial score (nSPS) is 11.4. The first kappa shape index (κ1) is 33.1. The maximum absolute atomic E-state index is 14.3. The molecule has 0 spiro atoms. The molecule has 12 nitrogen and oxygen atoms in total. The highest BCUT2D eigenvalue weighted by Gasteiger charge is 2.38. The van der Waals surface area contributed by atoms with E-state index in [4.69, 9.17) is 29.1 Å². The molecule has 0 atom stereocenters. The van der Waals surface area contributed by atoms with Gasteiger partial charge in [0.1, 0.15) is 35.3 Å². The van der Waals surface area contributed by atoms with Gasteiger partial charge in [0, 0.05) is 30.6 Å². The van der Waals surface area contributed by atoms with E-state index < -0.39 is 35.9 Å². The van der Waals surface area contributed by atoms with Gasteiger partial charge < -0.3 is 19.5 Å². The van der Waals surface area contributed by atoms with Gasteiger partial charge in [0.25, 0.3) is 5.89 Å². The minimum atomic E-state index is -5.08. The van der Waals surface area contributed by atoms with Crippen molar-refractivity contribution in [1.82, 2.24) is 29.7 Å². The molecule has 0 saturated heterocycles.